The van der Waals surface area contributed by atoms with Gasteiger partial charge in [-0.15, -0.1) is 0 Å². The zero-order valence-electron chi connectivity index (χ0n) is 8.70. The molecule has 0 aromatic heterocycles. The van der Waals surface area contributed by atoms with Crippen LogP contribution in [0.1, 0.15) is 0 Å². The average molecular weight is 209 g/mol. The lowest BCUT2D eigenvalue weighted by atomic mass is 10.3. The van der Waals surface area contributed by atoms with E-state index in [1.165, 1.54) is 5.19 Å². The second-order valence-corrected chi connectivity index (χ2v) is 9.27. The highest BCUT2D eigenvalue weighted by Crippen LogP contribution is 2.10. The molecular weight excluding hydrogens is 194 g/mol. The van der Waals surface area contributed by atoms with Gasteiger partial charge >= 0.3 is 6.09 Å². The Morgan fingerprint density at radius 3 is 2.07 bits per heavy atom. The lowest BCUT2D eigenvalue weighted by molar-refractivity contribution is 0.211. The number of nitrogens with two attached hydrogens (primary N) is 1. The molecule has 0 saturated carbocycles. The zero-order chi connectivity index (χ0) is 10.8. The van der Waals surface area contributed by atoms with E-state index in [1.54, 1.807) is 12.1 Å². The SMILES string of the molecule is C[Si](C)(C)c1ccc(OC(N)=O)cc1. The Hall–Kier alpha value is -1.29. The molecule has 76 valence electrons. The molecule has 0 saturated heterocycles. The smallest absolute Gasteiger partial charge is 0.409 e. The molecule has 4 heteroatoms. The molecule has 2 N–H and O–H groups in total. The summed E-state index contributed by atoms with van der Waals surface area (Å²) in [6.07, 6.45) is -0.772. The van der Waals surface area contributed by atoms with Crippen molar-refractivity contribution in [2.75, 3.05) is 0 Å². The molecule has 0 atom stereocenters. The van der Waals surface area contributed by atoms with Gasteiger partial charge in [-0.05, 0) is 12.1 Å². The van der Waals surface area contributed by atoms with Crippen LogP contribution in [0.2, 0.25) is 19.6 Å². The first-order valence-electron chi connectivity index (χ1n) is 4.47. The number of ether oxygens (including phenoxy) is 1. The molecule has 0 unspecified atom stereocenters. The van der Waals surface area contributed by atoms with Gasteiger partial charge < -0.3 is 10.5 Å². The third-order valence-corrected chi connectivity index (χ3v) is 4.00. The highest BCUT2D eigenvalue weighted by atomic mass is 28.3. The van der Waals surface area contributed by atoms with Crippen molar-refractivity contribution in [1.29, 1.82) is 0 Å². The van der Waals surface area contributed by atoms with E-state index in [2.05, 4.69) is 19.6 Å². The van der Waals surface area contributed by atoms with Crippen LogP contribution in [0, 0.1) is 0 Å². The van der Waals surface area contributed by atoms with Gasteiger partial charge in [-0.3, -0.25) is 0 Å². The summed E-state index contributed by atoms with van der Waals surface area (Å²) in [5, 5.41) is 1.33. The Morgan fingerprint density at radius 1 is 1.21 bits per heavy atom. The summed E-state index contributed by atoms with van der Waals surface area (Å²) in [5.41, 5.74) is 4.90. The third-order valence-electron chi connectivity index (χ3n) is 1.94. The van der Waals surface area contributed by atoms with Crippen LogP contribution in [0.4, 0.5) is 4.79 Å². The standard InChI is InChI=1S/C10H15NO2Si/c1-14(2,3)9-6-4-8(5-7-9)13-10(11)12/h4-7H,1-3H3,(H2,11,12). The second kappa shape index (κ2) is 3.83. The number of hydrogen-bond donors (Lipinski definition) is 1. The molecule has 0 spiro atoms. The predicted molar refractivity (Wildman–Crippen MR) is 59.6 cm³/mol. The first-order valence-corrected chi connectivity index (χ1v) is 7.97. The molecule has 0 fully saturated rings. The Kier molecular flexibility index (Phi) is 2.95. The Morgan fingerprint density at radius 2 is 1.71 bits per heavy atom. The van der Waals surface area contributed by atoms with Crippen LogP contribution < -0.4 is 15.7 Å². The molecule has 0 bridgehead atoms. The van der Waals surface area contributed by atoms with Crippen molar-refractivity contribution < 1.29 is 9.53 Å². The fourth-order valence-electron chi connectivity index (χ4n) is 1.14. The van der Waals surface area contributed by atoms with Gasteiger partial charge in [-0.25, -0.2) is 4.79 Å². The number of primary amides is 1. The fraction of sp³-hybridized carbons (Fsp3) is 0.300. The summed E-state index contributed by atoms with van der Waals surface area (Å²) >= 11 is 0. The molecule has 1 amide bonds. The van der Waals surface area contributed by atoms with E-state index in [0.29, 0.717) is 5.75 Å². The number of hydrogen-bond acceptors (Lipinski definition) is 2. The van der Waals surface area contributed by atoms with Crippen LogP contribution in [0.3, 0.4) is 0 Å². The maximum atomic E-state index is 10.5. The summed E-state index contributed by atoms with van der Waals surface area (Å²) in [4.78, 5) is 10.5. The van der Waals surface area contributed by atoms with E-state index in [1.807, 2.05) is 12.1 Å². The third kappa shape index (κ3) is 2.88. The van der Waals surface area contributed by atoms with E-state index in [-0.39, 0.29) is 0 Å². The first-order chi connectivity index (χ1) is 6.39. The molecule has 1 rings (SSSR count). The quantitative estimate of drug-likeness (QED) is 0.754. The van der Waals surface area contributed by atoms with Gasteiger partial charge in [0.25, 0.3) is 0 Å². The van der Waals surface area contributed by atoms with Crippen molar-refractivity contribution in [1.82, 2.24) is 0 Å². The number of carbonyl (C=O) groups excluding carboxylic acids is 1. The van der Waals surface area contributed by atoms with Gasteiger partial charge in [0.05, 0.1) is 8.07 Å². The van der Waals surface area contributed by atoms with Crippen molar-refractivity contribution in [2.24, 2.45) is 5.73 Å². The molecule has 0 radical (unpaired) electrons. The molecule has 14 heavy (non-hydrogen) atoms. The highest BCUT2D eigenvalue weighted by molar-refractivity contribution is 6.88. The summed E-state index contributed by atoms with van der Waals surface area (Å²) in [6.45, 7) is 6.78. The predicted octanol–water partition coefficient (Wildman–Crippen LogP) is 1.69. The molecule has 3 nitrogen and oxygen atoms in total. The van der Waals surface area contributed by atoms with Crippen molar-refractivity contribution in [3.63, 3.8) is 0 Å². The maximum absolute atomic E-state index is 10.5. The lowest BCUT2D eigenvalue weighted by Crippen LogP contribution is -2.37. The van der Waals surface area contributed by atoms with Crippen LogP contribution in [0.25, 0.3) is 0 Å². The van der Waals surface area contributed by atoms with E-state index < -0.39 is 14.2 Å². The Balaban J connectivity index is 2.84. The van der Waals surface area contributed by atoms with Crippen molar-refractivity contribution in [2.45, 2.75) is 19.6 Å². The molecular formula is C10H15NO2Si. The molecule has 1 aromatic carbocycles. The minimum Gasteiger partial charge on any atom is -0.411 e. The van der Waals surface area contributed by atoms with Crippen LogP contribution in [0.15, 0.2) is 24.3 Å². The van der Waals surface area contributed by atoms with E-state index in [4.69, 9.17) is 10.5 Å². The second-order valence-electron chi connectivity index (χ2n) is 4.20. The summed E-state index contributed by atoms with van der Waals surface area (Å²) in [5.74, 6) is 0.500. The first kappa shape index (κ1) is 10.8. The van der Waals surface area contributed by atoms with Crippen molar-refractivity contribution in [3.05, 3.63) is 24.3 Å². The van der Waals surface area contributed by atoms with Gasteiger partial charge in [-0.1, -0.05) is 37.0 Å². The van der Waals surface area contributed by atoms with Crippen LogP contribution in [0.5, 0.6) is 5.75 Å². The number of carbonyl (C=O) groups is 1. The number of amides is 1. The molecule has 0 aliphatic rings. The zero-order valence-corrected chi connectivity index (χ0v) is 9.70. The molecule has 0 heterocycles. The van der Waals surface area contributed by atoms with Crippen LogP contribution in [-0.2, 0) is 0 Å². The van der Waals surface area contributed by atoms with Crippen LogP contribution in [-0.4, -0.2) is 14.2 Å². The largest absolute Gasteiger partial charge is 0.411 e. The fourth-order valence-corrected chi connectivity index (χ4v) is 2.31. The highest BCUT2D eigenvalue weighted by Gasteiger charge is 2.15. The van der Waals surface area contributed by atoms with E-state index >= 15 is 0 Å². The van der Waals surface area contributed by atoms with E-state index in [9.17, 15) is 4.79 Å². The minimum absolute atomic E-state index is 0.500. The lowest BCUT2D eigenvalue weighted by Gasteiger charge is -2.16. The minimum atomic E-state index is -1.27. The van der Waals surface area contributed by atoms with Crippen LogP contribution >= 0.6 is 0 Å². The normalized spacial score (nSPS) is 11.1. The molecule has 0 aliphatic carbocycles. The summed E-state index contributed by atoms with van der Waals surface area (Å²) in [7, 11) is -1.27. The average Bonchev–Trinajstić information content (AvgIpc) is 2.02. The number of benzene rings is 1. The number of rotatable bonds is 2. The topological polar surface area (TPSA) is 52.3 Å². The van der Waals surface area contributed by atoms with Gasteiger partial charge in [0, 0.05) is 0 Å². The van der Waals surface area contributed by atoms with Crippen molar-refractivity contribution >= 4 is 19.4 Å². The van der Waals surface area contributed by atoms with Gasteiger partial charge in [0.1, 0.15) is 5.75 Å². The summed E-state index contributed by atoms with van der Waals surface area (Å²) < 4.78 is 4.74. The van der Waals surface area contributed by atoms with Gasteiger partial charge in [0.15, 0.2) is 0 Å². The Bertz CT molecular complexity index is 327. The monoisotopic (exact) mass is 209 g/mol. The van der Waals surface area contributed by atoms with Gasteiger partial charge in [-0.2, -0.15) is 0 Å². The Labute approximate surface area is 84.9 Å². The van der Waals surface area contributed by atoms with Crippen molar-refractivity contribution in [3.8, 4) is 5.75 Å². The van der Waals surface area contributed by atoms with E-state index in [0.717, 1.165) is 0 Å². The van der Waals surface area contributed by atoms with Gasteiger partial charge in [0.2, 0.25) is 0 Å². The summed E-state index contributed by atoms with van der Waals surface area (Å²) in [6, 6.07) is 7.53. The maximum Gasteiger partial charge on any atom is 0.409 e. The molecule has 1 aromatic rings. The molecule has 0 aliphatic heterocycles.